The third kappa shape index (κ3) is 13.9. The Hall–Kier alpha value is -3.44. The maximum atomic E-state index is 13.1. The predicted octanol–water partition coefficient (Wildman–Crippen LogP) is 7.43. The van der Waals surface area contributed by atoms with Crippen LogP contribution in [0.3, 0.4) is 0 Å². The highest BCUT2D eigenvalue weighted by atomic mass is 31.2. The molecule has 256 valence electrons. The molecule has 0 aliphatic rings. The van der Waals surface area contributed by atoms with Gasteiger partial charge in [-0.2, -0.15) is 0 Å². The lowest BCUT2D eigenvalue weighted by Gasteiger charge is -2.31. The smallest absolute Gasteiger partial charge is 0.438 e. The van der Waals surface area contributed by atoms with Gasteiger partial charge in [0.1, 0.15) is 0 Å². The molecule has 3 N–H and O–H groups in total. The summed E-state index contributed by atoms with van der Waals surface area (Å²) in [5.74, 6) is -1.23. The fraction of sp³-hybridized carbons (Fsp3) is 0.545. The molecule has 46 heavy (non-hydrogen) atoms. The molecule has 0 radical (unpaired) electrons. The van der Waals surface area contributed by atoms with E-state index in [4.69, 9.17) is 9.47 Å². The number of carbonyl (C=O) groups is 3. The Labute approximate surface area is 272 Å². The van der Waals surface area contributed by atoms with Crippen LogP contribution in [0.2, 0.25) is 0 Å². The lowest BCUT2D eigenvalue weighted by atomic mass is 9.92. The molecule has 2 amide bonds. The first-order valence-electron chi connectivity index (χ1n) is 15.6. The van der Waals surface area contributed by atoms with Crippen molar-refractivity contribution >= 4 is 42.9 Å². The van der Waals surface area contributed by atoms with Crippen molar-refractivity contribution < 1.29 is 42.4 Å². The molecule has 0 aliphatic carbocycles. The van der Waals surface area contributed by atoms with E-state index in [1.54, 1.807) is 13.8 Å². The second kappa shape index (κ2) is 18.6. The van der Waals surface area contributed by atoms with Crippen molar-refractivity contribution in [1.29, 1.82) is 0 Å². The summed E-state index contributed by atoms with van der Waals surface area (Å²) in [7, 11) is -4.62. The number of aryl methyl sites for hydroxylation is 1. The highest BCUT2D eigenvalue weighted by Gasteiger charge is 2.25. The number of nitrogens with zero attached hydrogens (tertiary/aromatic N) is 1. The second-order valence-electron chi connectivity index (χ2n) is 12.3. The SMILES string of the molecule is CC[C@@H](CC(=O)OCOP(=O)(O)OCOC(=O)C(C)C)c1ccc(N(CC(C)C)CC(C)C)c(NC(=O)Nc2ccc(C)cc2)c1. The van der Waals surface area contributed by atoms with Crippen LogP contribution in [-0.2, 0) is 32.7 Å². The second-order valence-corrected chi connectivity index (χ2v) is 13.8. The highest BCUT2D eigenvalue weighted by Crippen LogP contribution is 2.43. The van der Waals surface area contributed by atoms with Crippen molar-refractivity contribution in [3.05, 3.63) is 53.6 Å². The van der Waals surface area contributed by atoms with Crippen LogP contribution in [0.25, 0.3) is 0 Å². The molecule has 2 atom stereocenters. The summed E-state index contributed by atoms with van der Waals surface area (Å²) in [6, 6.07) is 12.9. The Morgan fingerprint density at radius 3 is 2.00 bits per heavy atom. The molecule has 13 heteroatoms. The summed E-state index contributed by atoms with van der Waals surface area (Å²) in [5.41, 5.74) is 4.03. The van der Waals surface area contributed by atoms with Gasteiger partial charge >= 0.3 is 25.8 Å². The molecule has 2 rings (SSSR count). The third-order valence-corrected chi connectivity index (χ3v) is 7.65. The van der Waals surface area contributed by atoms with Crippen LogP contribution in [0, 0.1) is 24.7 Å². The summed E-state index contributed by atoms with van der Waals surface area (Å²) in [6.45, 7) is 15.6. The molecule has 0 aliphatic heterocycles. The van der Waals surface area contributed by atoms with E-state index < -0.39 is 45.3 Å². The fourth-order valence-corrected chi connectivity index (χ4v) is 4.98. The number of urea groups is 1. The molecule has 0 saturated carbocycles. The van der Waals surface area contributed by atoms with Crippen molar-refractivity contribution in [2.45, 2.75) is 74.1 Å². The van der Waals surface area contributed by atoms with Gasteiger partial charge in [0.2, 0.25) is 13.6 Å². The number of phosphoric ester groups is 1. The maximum Gasteiger partial charge on any atom is 0.478 e. The lowest BCUT2D eigenvalue weighted by Crippen LogP contribution is -2.32. The van der Waals surface area contributed by atoms with Gasteiger partial charge in [-0.15, -0.1) is 0 Å². The molecule has 0 aromatic heterocycles. The maximum absolute atomic E-state index is 13.1. The Bertz CT molecular complexity index is 1320. The topological polar surface area (TPSA) is 153 Å². The standard InChI is InChI=1S/C33H50N3O9P/c1-9-26(17-31(37)42-20-44-46(40,41)45-21-43-32(38)24(6)7)27-12-15-30(36(18-22(2)3)19-23(4)5)29(16-27)35-33(39)34-28-13-10-25(8)11-14-28/h10-16,22-24,26H,9,17-21H2,1-8H3,(H,40,41)(H2,34,35,39)/t26-/m0/s1. The van der Waals surface area contributed by atoms with Gasteiger partial charge in [-0.05, 0) is 60.9 Å². The third-order valence-electron chi connectivity index (χ3n) is 6.79. The zero-order valence-electron chi connectivity index (χ0n) is 28.2. The quantitative estimate of drug-likeness (QED) is 0.0834. The van der Waals surface area contributed by atoms with Gasteiger partial charge in [-0.1, -0.05) is 72.2 Å². The van der Waals surface area contributed by atoms with Crippen molar-refractivity contribution in [2.75, 3.05) is 42.2 Å². The molecule has 1 unspecified atom stereocenters. The van der Waals surface area contributed by atoms with Crippen molar-refractivity contribution in [3.63, 3.8) is 0 Å². The largest absolute Gasteiger partial charge is 0.478 e. The molecule has 0 spiro atoms. The van der Waals surface area contributed by atoms with Crippen molar-refractivity contribution in [2.24, 2.45) is 17.8 Å². The fourth-order valence-electron chi connectivity index (χ4n) is 4.53. The minimum absolute atomic E-state index is 0.0432. The number of amides is 2. The molecule has 2 aromatic carbocycles. The number of nitrogens with one attached hydrogen (secondary N) is 2. The van der Waals surface area contributed by atoms with E-state index in [2.05, 4.69) is 52.3 Å². The number of ether oxygens (including phenoxy) is 2. The average Bonchev–Trinajstić information content (AvgIpc) is 2.96. The highest BCUT2D eigenvalue weighted by molar-refractivity contribution is 7.47. The minimum atomic E-state index is -4.62. The Morgan fingerprint density at radius 1 is 0.870 bits per heavy atom. The summed E-state index contributed by atoms with van der Waals surface area (Å²) in [6.07, 6.45) is 0.535. The molecule has 0 saturated heterocycles. The number of rotatable bonds is 18. The summed E-state index contributed by atoms with van der Waals surface area (Å²) >= 11 is 0. The van der Waals surface area contributed by atoms with E-state index in [1.165, 1.54) is 0 Å². The van der Waals surface area contributed by atoms with Crippen LogP contribution < -0.4 is 15.5 Å². The first-order valence-corrected chi connectivity index (χ1v) is 17.1. The molecule has 0 fully saturated rings. The number of esters is 2. The van der Waals surface area contributed by atoms with Gasteiger partial charge in [0.25, 0.3) is 0 Å². The van der Waals surface area contributed by atoms with Crippen LogP contribution in [-0.4, -0.2) is 49.5 Å². The number of hydrogen-bond acceptors (Lipinski definition) is 9. The Balaban J connectivity index is 2.18. The zero-order valence-corrected chi connectivity index (χ0v) is 29.1. The van der Waals surface area contributed by atoms with Crippen LogP contribution in [0.15, 0.2) is 42.5 Å². The number of phosphoric acid groups is 1. The number of hydrogen-bond donors (Lipinski definition) is 3. The first-order chi connectivity index (χ1) is 21.6. The van der Waals surface area contributed by atoms with Gasteiger partial charge in [-0.25, -0.2) is 18.4 Å². The molecule has 0 heterocycles. The monoisotopic (exact) mass is 663 g/mol. The normalized spacial score (nSPS) is 13.3. The predicted molar refractivity (Wildman–Crippen MR) is 179 cm³/mol. The van der Waals surface area contributed by atoms with Gasteiger partial charge < -0.3 is 29.9 Å². The molecule has 2 aromatic rings. The Morgan fingerprint density at radius 2 is 1.46 bits per heavy atom. The number of anilines is 3. The van der Waals surface area contributed by atoms with Gasteiger partial charge in [0.15, 0.2) is 0 Å². The molecule has 0 bridgehead atoms. The van der Waals surface area contributed by atoms with Gasteiger partial charge in [0, 0.05) is 18.8 Å². The summed E-state index contributed by atoms with van der Waals surface area (Å²) in [4.78, 5) is 49.3. The minimum Gasteiger partial charge on any atom is -0.438 e. The van der Waals surface area contributed by atoms with E-state index in [0.717, 1.165) is 29.9 Å². The van der Waals surface area contributed by atoms with Crippen LogP contribution in [0.4, 0.5) is 21.9 Å². The van der Waals surface area contributed by atoms with Crippen molar-refractivity contribution in [3.8, 4) is 0 Å². The zero-order chi connectivity index (χ0) is 34.4. The molecule has 12 nitrogen and oxygen atoms in total. The van der Waals surface area contributed by atoms with Crippen LogP contribution >= 0.6 is 7.82 Å². The summed E-state index contributed by atoms with van der Waals surface area (Å²) < 4.78 is 31.0. The van der Waals surface area contributed by atoms with E-state index in [1.807, 2.05) is 56.3 Å². The van der Waals surface area contributed by atoms with Crippen molar-refractivity contribution in [1.82, 2.24) is 0 Å². The number of benzene rings is 2. The summed E-state index contributed by atoms with van der Waals surface area (Å²) in [5, 5.41) is 5.91. The van der Waals surface area contributed by atoms with E-state index in [9.17, 15) is 23.8 Å². The Kier molecular flexibility index (Phi) is 15.7. The van der Waals surface area contributed by atoms with Gasteiger partial charge in [0.05, 0.1) is 23.7 Å². The van der Waals surface area contributed by atoms with Gasteiger partial charge in [-0.3, -0.25) is 9.59 Å². The van der Waals surface area contributed by atoms with E-state index >= 15 is 0 Å². The molecular formula is C33H50N3O9P. The van der Waals surface area contributed by atoms with E-state index in [-0.39, 0.29) is 12.3 Å². The van der Waals surface area contributed by atoms with Crippen LogP contribution in [0.5, 0.6) is 0 Å². The average molecular weight is 664 g/mol. The first kappa shape index (κ1) is 38.7. The number of carbonyl (C=O) groups excluding carboxylic acids is 3. The van der Waals surface area contributed by atoms with E-state index in [0.29, 0.717) is 29.6 Å². The molecular weight excluding hydrogens is 613 g/mol. The van der Waals surface area contributed by atoms with Crippen LogP contribution in [0.1, 0.15) is 78.4 Å². The lowest BCUT2D eigenvalue weighted by molar-refractivity contribution is -0.156.